The zero-order valence-corrected chi connectivity index (χ0v) is 7.40. The third-order valence-corrected chi connectivity index (χ3v) is 2.83. The number of carbonyl (C=O) groups excluding carboxylic acids is 1. The molecule has 1 heterocycles. The van der Waals surface area contributed by atoms with E-state index in [4.69, 9.17) is 5.73 Å². The number of nitrogens with two attached hydrogens (primary N) is 1. The quantitative estimate of drug-likeness (QED) is 0.710. The predicted octanol–water partition coefficient (Wildman–Crippen LogP) is 2.44. The van der Waals surface area contributed by atoms with Crippen molar-refractivity contribution in [3.05, 3.63) is 29.6 Å². The summed E-state index contributed by atoms with van der Waals surface area (Å²) in [5, 5.41) is 1.16. The number of hydrogen-bond acceptors (Lipinski definition) is 3. The Balaban J connectivity index is 2.86. The third kappa shape index (κ3) is 1.19. The summed E-state index contributed by atoms with van der Waals surface area (Å²) in [6.07, 6.45) is 0.700. The lowest BCUT2D eigenvalue weighted by atomic mass is 10.2. The smallest absolute Gasteiger partial charge is 0.153 e. The Hall–Kier alpha value is -1.42. The molecule has 0 aliphatic carbocycles. The minimum absolute atomic E-state index is 0.314. The van der Waals surface area contributed by atoms with Crippen LogP contribution in [0.3, 0.4) is 0 Å². The number of aldehydes is 1. The summed E-state index contributed by atoms with van der Waals surface area (Å²) in [4.78, 5) is 10.6. The number of thiophene rings is 1. The number of benzene rings is 1. The van der Waals surface area contributed by atoms with Crippen LogP contribution in [0, 0.1) is 5.82 Å². The van der Waals surface area contributed by atoms with Crippen LogP contribution >= 0.6 is 11.3 Å². The molecular weight excluding hydrogens is 189 g/mol. The maximum absolute atomic E-state index is 12.8. The second-order valence-corrected chi connectivity index (χ2v) is 3.72. The van der Waals surface area contributed by atoms with Gasteiger partial charge in [0.1, 0.15) is 5.82 Å². The van der Waals surface area contributed by atoms with E-state index < -0.39 is 0 Å². The van der Waals surface area contributed by atoms with Crippen molar-refractivity contribution in [2.24, 2.45) is 0 Å². The zero-order valence-electron chi connectivity index (χ0n) is 6.58. The first-order valence-corrected chi connectivity index (χ1v) is 4.46. The molecule has 1 aromatic carbocycles. The zero-order chi connectivity index (χ0) is 9.42. The van der Waals surface area contributed by atoms with E-state index in [2.05, 4.69) is 0 Å². The highest BCUT2D eigenvalue weighted by Crippen LogP contribution is 2.32. The molecule has 2 nitrogen and oxygen atoms in total. The highest BCUT2D eigenvalue weighted by atomic mass is 32.1. The molecule has 2 rings (SSSR count). The fourth-order valence-electron chi connectivity index (χ4n) is 1.23. The summed E-state index contributed by atoms with van der Waals surface area (Å²) in [6.45, 7) is 0. The maximum Gasteiger partial charge on any atom is 0.153 e. The fourth-order valence-corrected chi connectivity index (χ4v) is 2.20. The molecule has 0 aliphatic heterocycles. The summed E-state index contributed by atoms with van der Waals surface area (Å²) in [6, 6.07) is 4.27. The van der Waals surface area contributed by atoms with Gasteiger partial charge in [-0.15, -0.1) is 11.3 Å². The number of nitrogen functional groups attached to an aromatic ring is 1. The van der Waals surface area contributed by atoms with Crippen LogP contribution in [0.1, 0.15) is 10.4 Å². The van der Waals surface area contributed by atoms with Crippen molar-refractivity contribution in [1.29, 1.82) is 0 Å². The van der Waals surface area contributed by atoms with Gasteiger partial charge in [0.05, 0.1) is 10.6 Å². The van der Waals surface area contributed by atoms with Gasteiger partial charge in [0, 0.05) is 10.1 Å². The Bertz CT molecular complexity index is 478. The van der Waals surface area contributed by atoms with E-state index in [9.17, 15) is 9.18 Å². The molecule has 0 spiro atoms. The normalized spacial score (nSPS) is 10.5. The summed E-state index contributed by atoms with van der Waals surface area (Å²) >= 11 is 1.22. The van der Waals surface area contributed by atoms with Crippen LogP contribution in [-0.2, 0) is 0 Å². The molecule has 0 fully saturated rings. The molecule has 66 valence electrons. The lowest BCUT2D eigenvalue weighted by Crippen LogP contribution is -1.85. The van der Waals surface area contributed by atoms with E-state index in [0.29, 0.717) is 21.6 Å². The van der Waals surface area contributed by atoms with Crippen LogP contribution in [0.2, 0.25) is 0 Å². The molecule has 0 aliphatic rings. The predicted molar refractivity (Wildman–Crippen MR) is 51.6 cm³/mol. The highest BCUT2D eigenvalue weighted by Gasteiger charge is 2.08. The number of rotatable bonds is 1. The van der Waals surface area contributed by atoms with E-state index in [1.165, 1.54) is 23.5 Å². The molecule has 2 aromatic rings. The molecular formula is C9H6FNOS. The Kier molecular flexibility index (Phi) is 1.77. The maximum atomic E-state index is 12.8. The van der Waals surface area contributed by atoms with Crippen LogP contribution in [-0.4, -0.2) is 6.29 Å². The first kappa shape index (κ1) is 8.19. The van der Waals surface area contributed by atoms with Crippen molar-refractivity contribution in [3.63, 3.8) is 0 Å². The average molecular weight is 195 g/mol. The van der Waals surface area contributed by atoms with Gasteiger partial charge in [0.2, 0.25) is 0 Å². The van der Waals surface area contributed by atoms with Crippen LogP contribution in [0.15, 0.2) is 18.2 Å². The van der Waals surface area contributed by atoms with Gasteiger partial charge in [-0.3, -0.25) is 4.79 Å². The van der Waals surface area contributed by atoms with E-state index in [1.54, 1.807) is 6.07 Å². The molecule has 0 saturated heterocycles. The van der Waals surface area contributed by atoms with E-state index in [1.807, 2.05) is 0 Å². The highest BCUT2D eigenvalue weighted by molar-refractivity contribution is 7.23. The van der Waals surface area contributed by atoms with Crippen molar-refractivity contribution in [3.8, 4) is 0 Å². The molecule has 0 atom stereocenters. The van der Waals surface area contributed by atoms with Gasteiger partial charge >= 0.3 is 0 Å². The minimum Gasteiger partial charge on any atom is -0.390 e. The Morgan fingerprint density at radius 1 is 1.46 bits per heavy atom. The molecule has 0 bridgehead atoms. The fraction of sp³-hybridized carbons (Fsp3) is 0. The topological polar surface area (TPSA) is 43.1 Å². The molecule has 13 heavy (non-hydrogen) atoms. The van der Waals surface area contributed by atoms with Crippen LogP contribution in [0.5, 0.6) is 0 Å². The lowest BCUT2D eigenvalue weighted by Gasteiger charge is -1.89. The van der Waals surface area contributed by atoms with Gasteiger partial charge in [0.15, 0.2) is 6.29 Å². The van der Waals surface area contributed by atoms with Crippen LogP contribution in [0.25, 0.3) is 10.1 Å². The Labute approximate surface area is 77.8 Å². The van der Waals surface area contributed by atoms with Gasteiger partial charge < -0.3 is 5.73 Å². The Morgan fingerprint density at radius 2 is 2.23 bits per heavy atom. The van der Waals surface area contributed by atoms with Gasteiger partial charge in [-0.2, -0.15) is 0 Å². The van der Waals surface area contributed by atoms with Gasteiger partial charge in [-0.05, 0) is 18.2 Å². The molecule has 2 N–H and O–H groups in total. The van der Waals surface area contributed by atoms with Gasteiger partial charge in [0.25, 0.3) is 0 Å². The molecule has 0 amide bonds. The first-order chi connectivity index (χ1) is 6.22. The monoisotopic (exact) mass is 195 g/mol. The van der Waals surface area contributed by atoms with Gasteiger partial charge in [-0.1, -0.05) is 0 Å². The molecule has 0 radical (unpaired) electrons. The molecule has 1 aromatic heterocycles. The number of fused-ring (bicyclic) bond motifs is 1. The SMILES string of the molecule is Nc1sc2cc(F)ccc2c1C=O. The molecule has 0 saturated carbocycles. The molecule has 4 heteroatoms. The average Bonchev–Trinajstić information content (AvgIpc) is 2.39. The number of halogens is 1. The summed E-state index contributed by atoms with van der Waals surface area (Å²) in [5.41, 5.74) is 6.04. The second kappa shape index (κ2) is 2.81. The van der Waals surface area contributed by atoms with E-state index >= 15 is 0 Å². The van der Waals surface area contributed by atoms with Crippen molar-refractivity contribution in [2.45, 2.75) is 0 Å². The van der Waals surface area contributed by atoms with E-state index in [-0.39, 0.29) is 5.82 Å². The van der Waals surface area contributed by atoms with Crippen LogP contribution in [0.4, 0.5) is 9.39 Å². The van der Waals surface area contributed by atoms with Crippen molar-refractivity contribution in [2.75, 3.05) is 5.73 Å². The Morgan fingerprint density at radius 3 is 2.92 bits per heavy atom. The third-order valence-electron chi connectivity index (χ3n) is 1.84. The van der Waals surface area contributed by atoms with Crippen molar-refractivity contribution >= 4 is 32.7 Å². The largest absolute Gasteiger partial charge is 0.390 e. The van der Waals surface area contributed by atoms with Crippen molar-refractivity contribution < 1.29 is 9.18 Å². The number of carbonyl (C=O) groups is 1. The number of anilines is 1. The summed E-state index contributed by atoms with van der Waals surface area (Å²) < 4.78 is 13.5. The lowest BCUT2D eigenvalue weighted by molar-refractivity contribution is 0.112. The molecule has 0 unspecified atom stereocenters. The van der Waals surface area contributed by atoms with Crippen LogP contribution < -0.4 is 5.73 Å². The van der Waals surface area contributed by atoms with E-state index in [0.717, 1.165) is 5.39 Å². The second-order valence-electron chi connectivity index (χ2n) is 2.64. The standard InChI is InChI=1S/C9H6FNOS/c10-5-1-2-6-7(4-12)9(11)13-8(6)3-5/h1-4H,11H2. The number of hydrogen-bond donors (Lipinski definition) is 1. The van der Waals surface area contributed by atoms with Crippen molar-refractivity contribution in [1.82, 2.24) is 0 Å². The summed E-state index contributed by atoms with van der Waals surface area (Å²) in [5.74, 6) is -0.314. The van der Waals surface area contributed by atoms with Gasteiger partial charge in [-0.25, -0.2) is 4.39 Å². The minimum atomic E-state index is -0.314. The summed E-state index contributed by atoms with van der Waals surface area (Å²) in [7, 11) is 0. The first-order valence-electron chi connectivity index (χ1n) is 3.65.